The van der Waals surface area contributed by atoms with E-state index in [4.69, 9.17) is 0 Å². The van der Waals surface area contributed by atoms with Crippen molar-refractivity contribution in [2.45, 2.75) is 57.4 Å². The van der Waals surface area contributed by atoms with Crippen LogP contribution in [0.2, 0.25) is 0 Å². The first kappa shape index (κ1) is 15.8. The van der Waals surface area contributed by atoms with E-state index in [-0.39, 0.29) is 5.91 Å². The van der Waals surface area contributed by atoms with Crippen molar-refractivity contribution in [2.75, 3.05) is 13.1 Å². The molecule has 1 aliphatic heterocycles. The Morgan fingerprint density at radius 1 is 1.29 bits per heavy atom. The Balaban J connectivity index is 1.49. The summed E-state index contributed by atoms with van der Waals surface area (Å²) in [5.41, 5.74) is 0. The summed E-state index contributed by atoms with van der Waals surface area (Å²) < 4.78 is 2.27. The highest BCUT2D eigenvalue weighted by molar-refractivity contribution is 7.13. The minimum Gasteiger partial charge on any atom is -0.336 e. The van der Waals surface area contributed by atoms with Crippen LogP contribution in [-0.2, 0) is 0 Å². The molecule has 1 saturated heterocycles. The molecule has 0 spiro atoms. The average molecular weight is 344 g/mol. The Morgan fingerprint density at radius 2 is 2.12 bits per heavy atom. The Kier molecular flexibility index (Phi) is 4.16. The Morgan fingerprint density at radius 3 is 2.88 bits per heavy atom. The van der Waals surface area contributed by atoms with Crippen LogP contribution in [0.5, 0.6) is 0 Å². The van der Waals surface area contributed by atoms with E-state index in [1.807, 2.05) is 11.1 Å². The highest BCUT2D eigenvalue weighted by Crippen LogP contribution is 2.42. The molecule has 3 heterocycles. The van der Waals surface area contributed by atoms with E-state index in [2.05, 4.69) is 34.6 Å². The third kappa shape index (κ3) is 2.99. The van der Waals surface area contributed by atoms with Crippen LogP contribution in [0.1, 0.15) is 77.9 Å². The molecule has 2 aromatic rings. The molecule has 1 amide bonds. The van der Waals surface area contributed by atoms with Gasteiger partial charge in [-0.1, -0.05) is 13.8 Å². The summed E-state index contributed by atoms with van der Waals surface area (Å²) in [6.45, 7) is 5.95. The zero-order chi connectivity index (χ0) is 16.7. The number of aromatic nitrogens is 3. The number of piperidine rings is 1. The molecule has 24 heavy (non-hydrogen) atoms. The summed E-state index contributed by atoms with van der Waals surface area (Å²) in [6, 6.07) is 0.332. The molecule has 2 aromatic heterocycles. The van der Waals surface area contributed by atoms with E-state index in [9.17, 15) is 4.79 Å². The van der Waals surface area contributed by atoms with Gasteiger partial charge in [-0.25, -0.2) is 9.97 Å². The lowest BCUT2D eigenvalue weighted by Gasteiger charge is -2.34. The number of imidazole rings is 1. The summed E-state index contributed by atoms with van der Waals surface area (Å²) in [6.07, 6.45) is 10.3. The van der Waals surface area contributed by atoms with Gasteiger partial charge in [0.1, 0.15) is 10.7 Å². The summed E-state index contributed by atoms with van der Waals surface area (Å²) in [5, 5.41) is 1.14. The van der Waals surface area contributed by atoms with Gasteiger partial charge in [0.25, 0.3) is 5.91 Å². The number of amides is 1. The molecule has 2 fully saturated rings. The van der Waals surface area contributed by atoms with Gasteiger partial charge in [0, 0.05) is 37.3 Å². The van der Waals surface area contributed by atoms with Gasteiger partial charge >= 0.3 is 0 Å². The van der Waals surface area contributed by atoms with Crippen LogP contribution in [-0.4, -0.2) is 38.4 Å². The molecule has 1 aliphatic carbocycles. The zero-order valence-corrected chi connectivity index (χ0v) is 15.1. The molecule has 0 N–H and O–H groups in total. The molecule has 0 radical (unpaired) electrons. The summed E-state index contributed by atoms with van der Waals surface area (Å²) in [4.78, 5) is 24.6. The van der Waals surface area contributed by atoms with Gasteiger partial charge in [0.2, 0.25) is 0 Å². The highest BCUT2D eigenvalue weighted by atomic mass is 32.1. The quantitative estimate of drug-likeness (QED) is 0.847. The van der Waals surface area contributed by atoms with E-state index < -0.39 is 0 Å². The minimum absolute atomic E-state index is 0.148. The van der Waals surface area contributed by atoms with Crippen molar-refractivity contribution in [2.24, 2.45) is 0 Å². The fourth-order valence-corrected chi connectivity index (χ4v) is 4.56. The Labute approximate surface area is 146 Å². The minimum atomic E-state index is 0.148. The first-order chi connectivity index (χ1) is 11.6. The fraction of sp³-hybridized carbons (Fsp3) is 0.611. The van der Waals surface area contributed by atoms with E-state index in [1.54, 1.807) is 17.5 Å². The van der Waals surface area contributed by atoms with Gasteiger partial charge in [-0.3, -0.25) is 4.79 Å². The van der Waals surface area contributed by atoms with Crippen molar-refractivity contribution in [1.82, 2.24) is 19.4 Å². The number of likely N-dealkylation sites (tertiary alicyclic amines) is 1. The molecule has 4 rings (SSSR count). The molecule has 1 atom stereocenters. The molecular weight excluding hydrogens is 320 g/mol. The first-order valence-corrected chi connectivity index (χ1v) is 9.73. The maximum absolute atomic E-state index is 12.9. The Hall–Kier alpha value is -1.69. The SMILES string of the molecule is CC(C)c1nccn1[C@H]1CCCN(C(=O)c2cnc(C3CC3)s2)C1. The zero-order valence-electron chi connectivity index (χ0n) is 14.3. The predicted octanol–water partition coefficient (Wildman–Crippen LogP) is 3.82. The van der Waals surface area contributed by atoms with Gasteiger partial charge in [-0.05, 0) is 25.7 Å². The molecule has 0 aromatic carbocycles. The van der Waals surface area contributed by atoms with Crippen LogP contribution in [0.25, 0.3) is 0 Å². The molecule has 5 nitrogen and oxygen atoms in total. The second kappa shape index (κ2) is 6.31. The lowest BCUT2D eigenvalue weighted by molar-refractivity contribution is 0.0682. The van der Waals surface area contributed by atoms with Crippen LogP contribution >= 0.6 is 11.3 Å². The lowest BCUT2D eigenvalue weighted by atomic mass is 10.0. The van der Waals surface area contributed by atoms with Crippen molar-refractivity contribution >= 4 is 17.2 Å². The van der Waals surface area contributed by atoms with Crippen LogP contribution in [0, 0.1) is 0 Å². The van der Waals surface area contributed by atoms with Crippen molar-refractivity contribution in [3.8, 4) is 0 Å². The standard InChI is InChI=1S/C18H24N4OS/c1-12(2)16-19-7-9-22(16)14-4-3-8-21(11-14)18(23)15-10-20-17(24-15)13-5-6-13/h7,9-10,12-14H,3-6,8,11H2,1-2H3/t14-/m0/s1. The van der Waals surface area contributed by atoms with Crippen LogP contribution in [0.15, 0.2) is 18.6 Å². The highest BCUT2D eigenvalue weighted by Gasteiger charge is 2.30. The second-order valence-corrected chi connectivity index (χ2v) is 8.29. The van der Waals surface area contributed by atoms with E-state index in [0.29, 0.717) is 17.9 Å². The topological polar surface area (TPSA) is 51.0 Å². The molecule has 2 aliphatic rings. The van der Waals surface area contributed by atoms with E-state index in [1.165, 1.54) is 12.8 Å². The van der Waals surface area contributed by atoms with Crippen LogP contribution in [0.4, 0.5) is 0 Å². The van der Waals surface area contributed by atoms with Gasteiger partial charge in [-0.15, -0.1) is 11.3 Å². The van der Waals surface area contributed by atoms with Crippen molar-refractivity contribution in [3.63, 3.8) is 0 Å². The monoisotopic (exact) mass is 344 g/mol. The average Bonchev–Trinajstić information content (AvgIpc) is 3.13. The second-order valence-electron chi connectivity index (χ2n) is 7.23. The summed E-state index contributed by atoms with van der Waals surface area (Å²) in [7, 11) is 0. The normalized spacial score (nSPS) is 21.5. The Bertz CT molecular complexity index is 731. The van der Waals surface area contributed by atoms with Crippen molar-refractivity contribution in [1.29, 1.82) is 0 Å². The molecule has 6 heteroatoms. The maximum Gasteiger partial charge on any atom is 0.265 e. The van der Waals surface area contributed by atoms with Crippen LogP contribution < -0.4 is 0 Å². The number of hydrogen-bond donors (Lipinski definition) is 0. The third-order valence-corrected chi connectivity index (χ3v) is 6.10. The summed E-state index contributed by atoms with van der Waals surface area (Å²) in [5.74, 6) is 2.28. The summed E-state index contributed by atoms with van der Waals surface area (Å²) >= 11 is 1.59. The number of nitrogens with zero attached hydrogens (tertiary/aromatic N) is 4. The van der Waals surface area contributed by atoms with Crippen LogP contribution in [0.3, 0.4) is 0 Å². The van der Waals surface area contributed by atoms with E-state index >= 15 is 0 Å². The number of rotatable bonds is 4. The number of carbonyl (C=O) groups is 1. The first-order valence-electron chi connectivity index (χ1n) is 8.91. The molecular formula is C18H24N4OS. The van der Waals surface area contributed by atoms with Gasteiger partial charge in [0.05, 0.1) is 17.2 Å². The number of hydrogen-bond acceptors (Lipinski definition) is 4. The fourth-order valence-electron chi connectivity index (χ4n) is 3.51. The predicted molar refractivity (Wildman–Crippen MR) is 94.6 cm³/mol. The molecule has 1 saturated carbocycles. The third-order valence-electron chi connectivity index (χ3n) is 4.95. The smallest absolute Gasteiger partial charge is 0.265 e. The van der Waals surface area contributed by atoms with Crippen molar-refractivity contribution in [3.05, 3.63) is 34.3 Å². The van der Waals surface area contributed by atoms with Gasteiger partial charge in [-0.2, -0.15) is 0 Å². The molecule has 128 valence electrons. The number of carbonyl (C=O) groups excluding carboxylic acids is 1. The largest absolute Gasteiger partial charge is 0.336 e. The molecule has 0 unspecified atom stereocenters. The lowest BCUT2D eigenvalue weighted by Crippen LogP contribution is -2.40. The number of thiazole rings is 1. The van der Waals surface area contributed by atoms with Gasteiger partial charge < -0.3 is 9.47 Å². The van der Waals surface area contributed by atoms with Crippen molar-refractivity contribution < 1.29 is 4.79 Å². The van der Waals surface area contributed by atoms with Gasteiger partial charge in [0.15, 0.2) is 0 Å². The maximum atomic E-state index is 12.9. The van der Waals surface area contributed by atoms with E-state index in [0.717, 1.165) is 41.6 Å². The molecule has 0 bridgehead atoms.